The maximum Gasteiger partial charge on any atom is 0.407 e. The van der Waals surface area contributed by atoms with Gasteiger partial charge in [-0.1, -0.05) is 66.2 Å². The van der Waals surface area contributed by atoms with Gasteiger partial charge < -0.3 is 21.1 Å². The van der Waals surface area contributed by atoms with Crippen molar-refractivity contribution in [3.63, 3.8) is 0 Å². The SMILES string of the molecule is Cc1ccc(NC(=O)[C@H](CCCN)NC(=O)OCC2c3ccccc3-c3ccccc32)cc1. The van der Waals surface area contributed by atoms with E-state index >= 15 is 0 Å². The summed E-state index contributed by atoms with van der Waals surface area (Å²) in [5, 5.41) is 5.58. The molecule has 0 radical (unpaired) electrons. The van der Waals surface area contributed by atoms with Crippen LogP contribution in [0.1, 0.15) is 35.4 Å². The summed E-state index contributed by atoms with van der Waals surface area (Å²) in [4.78, 5) is 25.5. The summed E-state index contributed by atoms with van der Waals surface area (Å²) in [6.45, 7) is 2.61. The summed E-state index contributed by atoms with van der Waals surface area (Å²) in [5.41, 5.74) is 12.0. The van der Waals surface area contributed by atoms with E-state index in [-0.39, 0.29) is 18.4 Å². The maximum absolute atomic E-state index is 12.8. The number of carbonyl (C=O) groups is 2. The van der Waals surface area contributed by atoms with Crippen LogP contribution in [-0.2, 0) is 9.53 Å². The second kappa shape index (κ2) is 10.3. The first kappa shape index (κ1) is 22.6. The number of nitrogens with two attached hydrogens (primary N) is 1. The van der Waals surface area contributed by atoms with Crippen LogP contribution in [0.25, 0.3) is 11.1 Å². The molecule has 1 aliphatic rings. The number of nitrogens with one attached hydrogen (secondary N) is 2. The van der Waals surface area contributed by atoms with E-state index in [4.69, 9.17) is 10.5 Å². The first-order valence-corrected chi connectivity index (χ1v) is 11.3. The molecule has 0 fully saturated rings. The summed E-state index contributed by atoms with van der Waals surface area (Å²) in [5.74, 6) is -0.326. The predicted octanol–water partition coefficient (Wildman–Crippen LogP) is 4.58. The van der Waals surface area contributed by atoms with Crippen LogP contribution in [0.15, 0.2) is 72.8 Å². The number of hydrogen-bond donors (Lipinski definition) is 3. The van der Waals surface area contributed by atoms with Crippen LogP contribution in [0.3, 0.4) is 0 Å². The molecule has 4 rings (SSSR count). The van der Waals surface area contributed by atoms with Crippen molar-refractivity contribution in [3.8, 4) is 11.1 Å². The first-order valence-electron chi connectivity index (χ1n) is 11.3. The van der Waals surface area contributed by atoms with Crippen LogP contribution in [0.5, 0.6) is 0 Å². The van der Waals surface area contributed by atoms with Crippen molar-refractivity contribution in [2.24, 2.45) is 5.73 Å². The highest BCUT2D eigenvalue weighted by atomic mass is 16.5. The average Bonchev–Trinajstić information content (AvgIpc) is 3.15. The molecule has 0 unspecified atom stereocenters. The van der Waals surface area contributed by atoms with Gasteiger partial charge >= 0.3 is 6.09 Å². The standard InChI is InChI=1S/C27H29N3O3/c1-18-12-14-19(15-13-18)29-26(31)25(11-6-16-28)30-27(32)33-17-24-22-9-4-2-7-20(22)21-8-3-5-10-23(21)24/h2-5,7-10,12-15,24-25H,6,11,16-17,28H2,1H3,(H,29,31)(H,30,32)/t25-/m0/s1. The number of aryl methyl sites for hydroxylation is 1. The summed E-state index contributed by atoms with van der Waals surface area (Å²) >= 11 is 0. The third kappa shape index (κ3) is 5.23. The van der Waals surface area contributed by atoms with Crippen molar-refractivity contribution in [1.29, 1.82) is 0 Å². The van der Waals surface area contributed by atoms with Crippen molar-refractivity contribution in [3.05, 3.63) is 89.5 Å². The molecular formula is C27H29N3O3. The molecule has 0 saturated carbocycles. The van der Waals surface area contributed by atoms with Gasteiger partial charge in [-0.2, -0.15) is 0 Å². The molecule has 4 N–H and O–H groups in total. The van der Waals surface area contributed by atoms with Gasteiger partial charge in [-0.3, -0.25) is 4.79 Å². The van der Waals surface area contributed by atoms with E-state index in [9.17, 15) is 9.59 Å². The van der Waals surface area contributed by atoms with Crippen molar-refractivity contribution < 1.29 is 14.3 Å². The molecule has 1 aliphatic carbocycles. The van der Waals surface area contributed by atoms with E-state index in [0.29, 0.717) is 25.1 Å². The Morgan fingerprint density at radius 2 is 1.55 bits per heavy atom. The zero-order valence-corrected chi connectivity index (χ0v) is 18.7. The molecule has 33 heavy (non-hydrogen) atoms. The first-order chi connectivity index (χ1) is 16.1. The Morgan fingerprint density at radius 3 is 2.15 bits per heavy atom. The van der Waals surface area contributed by atoms with Crippen LogP contribution in [0.2, 0.25) is 0 Å². The van der Waals surface area contributed by atoms with Gasteiger partial charge in [0, 0.05) is 11.6 Å². The van der Waals surface area contributed by atoms with Crippen LogP contribution in [-0.4, -0.2) is 31.2 Å². The third-order valence-corrected chi connectivity index (χ3v) is 5.97. The lowest BCUT2D eigenvalue weighted by Gasteiger charge is -2.20. The average molecular weight is 444 g/mol. The highest BCUT2D eigenvalue weighted by Gasteiger charge is 2.29. The number of ether oxygens (including phenoxy) is 1. The van der Waals surface area contributed by atoms with Crippen molar-refractivity contribution in [1.82, 2.24) is 5.32 Å². The molecular weight excluding hydrogens is 414 g/mol. The molecule has 1 atom stereocenters. The fourth-order valence-corrected chi connectivity index (χ4v) is 4.24. The third-order valence-electron chi connectivity index (χ3n) is 5.97. The minimum Gasteiger partial charge on any atom is -0.449 e. The highest BCUT2D eigenvalue weighted by molar-refractivity contribution is 5.96. The number of amides is 2. The Labute approximate surface area is 194 Å². The Bertz CT molecular complexity index is 1080. The Balaban J connectivity index is 1.40. The number of fused-ring (bicyclic) bond motifs is 3. The summed E-state index contributed by atoms with van der Waals surface area (Å²) < 4.78 is 5.60. The van der Waals surface area contributed by atoms with Gasteiger partial charge in [0.25, 0.3) is 0 Å². The zero-order chi connectivity index (χ0) is 23.2. The lowest BCUT2D eigenvalue weighted by Crippen LogP contribution is -2.44. The van der Waals surface area contributed by atoms with Gasteiger partial charge in [0.05, 0.1) is 0 Å². The highest BCUT2D eigenvalue weighted by Crippen LogP contribution is 2.44. The summed E-state index contributed by atoms with van der Waals surface area (Å²) in [7, 11) is 0. The van der Waals surface area contributed by atoms with E-state index in [2.05, 4.69) is 34.9 Å². The maximum atomic E-state index is 12.8. The predicted molar refractivity (Wildman–Crippen MR) is 130 cm³/mol. The number of hydrogen-bond acceptors (Lipinski definition) is 4. The number of carbonyl (C=O) groups excluding carboxylic acids is 2. The van der Waals surface area contributed by atoms with Crippen LogP contribution < -0.4 is 16.4 Å². The second-order valence-corrected chi connectivity index (χ2v) is 8.31. The van der Waals surface area contributed by atoms with E-state index in [0.717, 1.165) is 16.7 Å². The van der Waals surface area contributed by atoms with Gasteiger partial charge in [0.2, 0.25) is 5.91 Å². The molecule has 0 saturated heterocycles. The number of rotatable bonds is 8. The van der Waals surface area contributed by atoms with Crippen molar-refractivity contribution in [2.75, 3.05) is 18.5 Å². The van der Waals surface area contributed by atoms with Gasteiger partial charge in [-0.15, -0.1) is 0 Å². The molecule has 0 spiro atoms. The molecule has 3 aromatic rings. The van der Waals surface area contributed by atoms with Crippen molar-refractivity contribution >= 4 is 17.7 Å². The molecule has 3 aromatic carbocycles. The summed E-state index contributed by atoms with van der Waals surface area (Å²) in [6.07, 6.45) is 0.423. The van der Waals surface area contributed by atoms with Gasteiger partial charge in [0.15, 0.2) is 0 Å². The Morgan fingerprint density at radius 1 is 0.939 bits per heavy atom. The molecule has 170 valence electrons. The quantitative estimate of drug-likeness (QED) is 0.475. The molecule has 0 aromatic heterocycles. The monoisotopic (exact) mass is 443 g/mol. The smallest absolute Gasteiger partial charge is 0.407 e. The molecule has 2 amide bonds. The molecule has 6 nitrogen and oxygen atoms in total. The van der Waals surface area contributed by atoms with Crippen molar-refractivity contribution in [2.45, 2.75) is 31.7 Å². The molecule has 0 aliphatic heterocycles. The van der Waals surface area contributed by atoms with Crippen LogP contribution in [0.4, 0.5) is 10.5 Å². The van der Waals surface area contributed by atoms with Gasteiger partial charge in [-0.05, 0) is 60.7 Å². The topological polar surface area (TPSA) is 93.5 Å². The van der Waals surface area contributed by atoms with E-state index in [1.807, 2.05) is 55.5 Å². The molecule has 0 bridgehead atoms. The van der Waals surface area contributed by atoms with E-state index < -0.39 is 12.1 Å². The summed E-state index contributed by atoms with van der Waals surface area (Å²) in [6, 6.07) is 23.1. The fourth-order valence-electron chi connectivity index (χ4n) is 4.24. The van der Waals surface area contributed by atoms with Crippen LogP contribution >= 0.6 is 0 Å². The fraction of sp³-hybridized carbons (Fsp3) is 0.259. The zero-order valence-electron chi connectivity index (χ0n) is 18.7. The molecule has 6 heteroatoms. The molecule has 0 heterocycles. The lowest BCUT2D eigenvalue weighted by atomic mass is 9.98. The number of anilines is 1. The Kier molecular flexibility index (Phi) is 7.05. The lowest BCUT2D eigenvalue weighted by molar-refractivity contribution is -0.118. The second-order valence-electron chi connectivity index (χ2n) is 8.31. The van der Waals surface area contributed by atoms with Gasteiger partial charge in [-0.25, -0.2) is 4.79 Å². The minimum absolute atomic E-state index is 0.0352. The van der Waals surface area contributed by atoms with Crippen LogP contribution in [0, 0.1) is 6.92 Å². The van der Waals surface area contributed by atoms with E-state index in [1.165, 1.54) is 11.1 Å². The number of alkyl carbamates (subject to hydrolysis) is 1. The largest absolute Gasteiger partial charge is 0.449 e. The van der Waals surface area contributed by atoms with E-state index in [1.54, 1.807) is 0 Å². The number of benzene rings is 3. The van der Waals surface area contributed by atoms with Gasteiger partial charge in [0.1, 0.15) is 12.6 Å². The normalized spacial score (nSPS) is 13.0. The minimum atomic E-state index is -0.731. The Hall–Kier alpha value is -3.64.